The number of hydrogen-bond donors (Lipinski definition) is 2. The summed E-state index contributed by atoms with van der Waals surface area (Å²) in [5.74, 6) is 0.120. The third kappa shape index (κ3) is 4.89. The highest BCUT2D eigenvalue weighted by molar-refractivity contribution is 5.99. The zero-order valence-electron chi connectivity index (χ0n) is 16.3. The highest BCUT2D eigenvalue weighted by atomic mass is 19.4. The molecule has 1 amide bonds. The SMILES string of the molecule is O=C(NCc1nc(-c2ccncc2)no1)c1cccnc1Nc1cccc(C(F)(F)F)c1. The Morgan fingerprint density at radius 2 is 1.84 bits per heavy atom. The number of anilines is 2. The Bertz CT molecular complexity index is 1230. The Morgan fingerprint density at radius 3 is 2.62 bits per heavy atom. The van der Waals surface area contributed by atoms with E-state index in [-0.39, 0.29) is 29.5 Å². The van der Waals surface area contributed by atoms with Crippen molar-refractivity contribution in [2.24, 2.45) is 0 Å². The number of nitrogens with one attached hydrogen (secondary N) is 2. The first-order valence-corrected chi connectivity index (χ1v) is 9.30. The first-order chi connectivity index (χ1) is 15.4. The number of pyridine rings is 2. The normalized spacial score (nSPS) is 11.2. The van der Waals surface area contributed by atoms with E-state index in [0.29, 0.717) is 11.4 Å². The number of aromatic nitrogens is 4. The van der Waals surface area contributed by atoms with Crippen LogP contribution in [0, 0.1) is 0 Å². The summed E-state index contributed by atoms with van der Waals surface area (Å²) in [6.45, 7) is -0.0468. The standard InChI is InChI=1S/C21H15F3N6O2/c22-21(23,24)14-3-1-4-15(11-14)28-19-16(5-2-8-26-19)20(31)27-12-17-29-18(30-32-17)13-6-9-25-10-7-13/h1-11H,12H2,(H,26,28)(H,27,31). The van der Waals surface area contributed by atoms with Crippen LogP contribution in [0.4, 0.5) is 24.7 Å². The van der Waals surface area contributed by atoms with Gasteiger partial charge in [-0.1, -0.05) is 11.2 Å². The van der Waals surface area contributed by atoms with Crippen molar-refractivity contribution in [1.29, 1.82) is 0 Å². The van der Waals surface area contributed by atoms with E-state index in [1.54, 1.807) is 30.6 Å². The van der Waals surface area contributed by atoms with Crippen LogP contribution < -0.4 is 10.6 Å². The minimum Gasteiger partial charge on any atom is -0.343 e. The van der Waals surface area contributed by atoms with Gasteiger partial charge in [-0.15, -0.1) is 0 Å². The van der Waals surface area contributed by atoms with Crippen LogP contribution in [-0.4, -0.2) is 26.0 Å². The van der Waals surface area contributed by atoms with E-state index in [2.05, 4.69) is 30.7 Å². The summed E-state index contributed by atoms with van der Waals surface area (Å²) in [6.07, 6.45) is 0.121. The Hall–Kier alpha value is -4.28. The summed E-state index contributed by atoms with van der Waals surface area (Å²) in [7, 11) is 0. The van der Waals surface area contributed by atoms with E-state index in [4.69, 9.17) is 4.52 Å². The van der Waals surface area contributed by atoms with Gasteiger partial charge in [0, 0.05) is 29.8 Å². The molecule has 2 N–H and O–H groups in total. The maximum Gasteiger partial charge on any atom is 0.416 e. The van der Waals surface area contributed by atoms with Gasteiger partial charge in [-0.3, -0.25) is 9.78 Å². The Kier molecular flexibility index (Phi) is 5.79. The number of nitrogens with zero attached hydrogens (tertiary/aromatic N) is 4. The molecule has 0 aliphatic carbocycles. The largest absolute Gasteiger partial charge is 0.416 e. The monoisotopic (exact) mass is 440 g/mol. The van der Waals surface area contributed by atoms with Crippen molar-refractivity contribution in [3.8, 4) is 11.4 Å². The van der Waals surface area contributed by atoms with E-state index >= 15 is 0 Å². The van der Waals surface area contributed by atoms with Crippen molar-refractivity contribution in [3.05, 3.63) is 84.1 Å². The summed E-state index contributed by atoms with van der Waals surface area (Å²) in [4.78, 5) is 24.9. The number of alkyl halides is 3. The topological polar surface area (TPSA) is 106 Å². The summed E-state index contributed by atoms with van der Waals surface area (Å²) >= 11 is 0. The molecule has 0 saturated carbocycles. The second-order valence-corrected chi connectivity index (χ2v) is 6.53. The molecule has 3 aromatic heterocycles. The summed E-state index contributed by atoms with van der Waals surface area (Å²) in [5.41, 5.74) is 0.178. The van der Waals surface area contributed by atoms with Gasteiger partial charge in [0.1, 0.15) is 5.82 Å². The molecule has 0 unspecified atom stereocenters. The molecule has 0 spiro atoms. The summed E-state index contributed by atoms with van der Waals surface area (Å²) < 4.78 is 44.0. The smallest absolute Gasteiger partial charge is 0.343 e. The number of benzene rings is 1. The van der Waals surface area contributed by atoms with Crippen molar-refractivity contribution < 1.29 is 22.5 Å². The van der Waals surface area contributed by atoms with Crippen molar-refractivity contribution in [1.82, 2.24) is 25.4 Å². The maximum absolute atomic E-state index is 13.0. The lowest BCUT2D eigenvalue weighted by Crippen LogP contribution is -2.24. The minimum absolute atomic E-state index is 0.0468. The zero-order valence-corrected chi connectivity index (χ0v) is 16.3. The molecular formula is C21H15F3N6O2. The van der Waals surface area contributed by atoms with Gasteiger partial charge in [0.25, 0.3) is 5.91 Å². The molecule has 0 aliphatic heterocycles. The number of carbonyl (C=O) groups excluding carboxylic acids is 1. The summed E-state index contributed by atoms with van der Waals surface area (Å²) in [6, 6.07) is 11.1. The van der Waals surface area contributed by atoms with Crippen molar-refractivity contribution in [2.75, 3.05) is 5.32 Å². The molecule has 4 rings (SSSR count). The van der Waals surface area contributed by atoms with Gasteiger partial charge in [-0.25, -0.2) is 4.98 Å². The van der Waals surface area contributed by atoms with Crippen molar-refractivity contribution in [2.45, 2.75) is 12.7 Å². The fourth-order valence-corrected chi connectivity index (χ4v) is 2.79. The zero-order chi connectivity index (χ0) is 22.6. The summed E-state index contributed by atoms with van der Waals surface area (Å²) in [5, 5.41) is 9.25. The molecule has 0 atom stereocenters. The molecule has 8 nitrogen and oxygen atoms in total. The highest BCUT2D eigenvalue weighted by Gasteiger charge is 2.30. The van der Waals surface area contributed by atoms with E-state index < -0.39 is 17.6 Å². The molecule has 11 heteroatoms. The van der Waals surface area contributed by atoms with Crippen LogP contribution in [0.3, 0.4) is 0 Å². The predicted octanol–water partition coefficient (Wildman–Crippen LogP) is 4.22. The second-order valence-electron chi connectivity index (χ2n) is 6.53. The molecule has 4 aromatic rings. The van der Waals surface area contributed by atoms with E-state index in [9.17, 15) is 18.0 Å². The lowest BCUT2D eigenvalue weighted by molar-refractivity contribution is -0.137. The van der Waals surface area contributed by atoms with Crippen molar-refractivity contribution >= 4 is 17.4 Å². The van der Waals surface area contributed by atoms with Crippen molar-refractivity contribution in [3.63, 3.8) is 0 Å². The first kappa shape index (κ1) is 21.0. The first-order valence-electron chi connectivity index (χ1n) is 9.30. The highest BCUT2D eigenvalue weighted by Crippen LogP contribution is 2.31. The molecule has 3 heterocycles. The molecule has 0 radical (unpaired) electrons. The van der Waals surface area contributed by atoms with Gasteiger partial charge in [-0.2, -0.15) is 18.2 Å². The number of hydrogen-bond acceptors (Lipinski definition) is 7. The molecule has 1 aromatic carbocycles. The molecule has 0 fully saturated rings. The van der Waals surface area contributed by atoms with Crippen LogP contribution in [0.15, 0.2) is 71.6 Å². The second kappa shape index (κ2) is 8.84. The molecule has 162 valence electrons. The molecule has 32 heavy (non-hydrogen) atoms. The van der Waals surface area contributed by atoms with E-state index in [1.165, 1.54) is 24.4 Å². The van der Waals surface area contributed by atoms with Gasteiger partial charge in [0.15, 0.2) is 0 Å². The van der Waals surface area contributed by atoms with Gasteiger partial charge in [-0.05, 0) is 42.5 Å². The Labute approximate surface area is 179 Å². The number of rotatable bonds is 6. The molecule has 0 saturated heterocycles. The van der Waals surface area contributed by atoms with Crippen LogP contribution in [0.25, 0.3) is 11.4 Å². The number of carbonyl (C=O) groups is 1. The number of amides is 1. The van der Waals surface area contributed by atoms with E-state index in [0.717, 1.165) is 12.1 Å². The quantitative estimate of drug-likeness (QED) is 0.462. The minimum atomic E-state index is -4.48. The fraction of sp³-hybridized carbons (Fsp3) is 0.0952. The van der Waals surface area contributed by atoms with E-state index in [1.807, 2.05) is 0 Å². The third-order valence-corrected chi connectivity index (χ3v) is 4.31. The number of halogens is 3. The van der Waals surface area contributed by atoms with Gasteiger partial charge in [0.2, 0.25) is 11.7 Å². The average molecular weight is 440 g/mol. The van der Waals surface area contributed by atoms with Crippen LogP contribution >= 0.6 is 0 Å². The molecule has 0 aliphatic rings. The van der Waals surface area contributed by atoms with Crippen LogP contribution in [-0.2, 0) is 12.7 Å². The van der Waals surface area contributed by atoms with Gasteiger partial charge >= 0.3 is 6.18 Å². The lowest BCUT2D eigenvalue weighted by Gasteiger charge is -2.12. The predicted molar refractivity (Wildman–Crippen MR) is 108 cm³/mol. The van der Waals surface area contributed by atoms with Gasteiger partial charge in [0.05, 0.1) is 17.7 Å². The van der Waals surface area contributed by atoms with Crippen LogP contribution in [0.2, 0.25) is 0 Å². The van der Waals surface area contributed by atoms with Gasteiger partial charge < -0.3 is 15.2 Å². The molecular weight excluding hydrogens is 425 g/mol. The van der Waals surface area contributed by atoms with Crippen LogP contribution in [0.5, 0.6) is 0 Å². The average Bonchev–Trinajstić information content (AvgIpc) is 3.27. The fourth-order valence-electron chi connectivity index (χ4n) is 2.79. The third-order valence-electron chi connectivity index (χ3n) is 4.31. The Balaban J connectivity index is 1.46. The molecule has 0 bridgehead atoms. The lowest BCUT2D eigenvalue weighted by atomic mass is 10.2. The van der Waals surface area contributed by atoms with Crippen LogP contribution in [0.1, 0.15) is 21.8 Å². The maximum atomic E-state index is 13.0. The Morgan fingerprint density at radius 1 is 1.03 bits per heavy atom.